The second-order valence-electron chi connectivity index (χ2n) is 5.14. The second kappa shape index (κ2) is 7.71. The average Bonchev–Trinajstić information content (AvgIpc) is 3.23. The van der Waals surface area contributed by atoms with Gasteiger partial charge in [-0.2, -0.15) is 0 Å². The summed E-state index contributed by atoms with van der Waals surface area (Å²) in [7, 11) is 0. The normalized spacial score (nSPS) is 14.0. The van der Waals surface area contributed by atoms with Gasteiger partial charge in [0.1, 0.15) is 6.54 Å². The van der Waals surface area contributed by atoms with Gasteiger partial charge in [-0.05, 0) is 30.9 Å². The van der Waals surface area contributed by atoms with Gasteiger partial charge in [0.25, 0.3) is 0 Å². The highest BCUT2D eigenvalue weighted by atomic mass is 35.5. The van der Waals surface area contributed by atoms with Crippen LogP contribution in [0.4, 0.5) is 0 Å². The number of aliphatic carboxylic acids is 1. The molecule has 0 radical (unpaired) electrons. The van der Waals surface area contributed by atoms with Gasteiger partial charge < -0.3 is 10.0 Å². The highest BCUT2D eigenvalue weighted by Crippen LogP contribution is 2.30. The van der Waals surface area contributed by atoms with Gasteiger partial charge in [-0.3, -0.25) is 9.59 Å². The number of halogens is 1. The Bertz CT molecular complexity index is 519. The molecule has 1 saturated carbocycles. The van der Waals surface area contributed by atoms with E-state index in [1.807, 2.05) is 24.3 Å². The Morgan fingerprint density at radius 2 is 2.05 bits per heavy atom. The zero-order valence-electron chi connectivity index (χ0n) is 11.6. The number of nitrogens with zero attached hydrogens (tertiary/aromatic N) is 1. The van der Waals surface area contributed by atoms with Crippen LogP contribution in [-0.2, 0) is 9.59 Å². The molecule has 4 nitrogen and oxygen atoms in total. The molecule has 1 N–H and O–H groups in total. The molecule has 0 heterocycles. The van der Waals surface area contributed by atoms with Gasteiger partial charge >= 0.3 is 5.97 Å². The van der Waals surface area contributed by atoms with Crippen molar-refractivity contribution in [3.05, 3.63) is 29.3 Å². The predicted octanol–water partition coefficient (Wildman–Crippen LogP) is 3.15. The molecule has 1 aromatic carbocycles. The molecule has 0 bridgehead atoms. The Morgan fingerprint density at radius 1 is 1.33 bits per heavy atom. The standard InChI is InChI=1S/C15H18ClNO3S/c16-12-3-1-2-4-13(12)21-8-7-14(18)17(10-15(19)20)9-11-5-6-11/h1-4,11H,5-10H2,(H,19,20). The third-order valence-electron chi connectivity index (χ3n) is 3.26. The van der Waals surface area contributed by atoms with Crippen LogP contribution in [0.2, 0.25) is 5.02 Å². The van der Waals surface area contributed by atoms with E-state index in [4.69, 9.17) is 16.7 Å². The third-order valence-corrected chi connectivity index (χ3v) is 4.78. The van der Waals surface area contributed by atoms with Crippen LogP contribution in [-0.4, -0.2) is 40.7 Å². The van der Waals surface area contributed by atoms with E-state index in [1.165, 1.54) is 16.7 Å². The average molecular weight is 328 g/mol. The van der Waals surface area contributed by atoms with Crippen LogP contribution in [0.1, 0.15) is 19.3 Å². The summed E-state index contributed by atoms with van der Waals surface area (Å²) < 4.78 is 0. The first kappa shape index (κ1) is 16.2. The van der Waals surface area contributed by atoms with Crippen LogP contribution in [0.3, 0.4) is 0 Å². The lowest BCUT2D eigenvalue weighted by Gasteiger charge is -2.20. The summed E-state index contributed by atoms with van der Waals surface area (Å²) in [5.41, 5.74) is 0. The Morgan fingerprint density at radius 3 is 2.67 bits per heavy atom. The molecule has 6 heteroatoms. The Balaban J connectivity index is 1.80. The molecule has 1 aliphatic rings. The van der Waals surface area contributed by atoms with Gasteiger partial charge in [0.2, 0.25) is 5.91 Å². The first-order chi connectivity index (χ1) is 10.1. The number of carboxylic acid groups (broad SMARTS) is 1. The van der Waals surface area contributed by atoms with Crippen molar-refractivity contribution in [1.29, 1.82) is 0 Å². The van der Waals surface area contributed by atoms with Crippen LogP contribution < -0.4 is 0 Å². The fraction of sp³-hybridized carbons (Fsp3) is 0.467. The Kier molecular flexibility index (Phi) is 5.94. The van der Waals surface area contributed by atoms with Gasteiger partial charge in [-0.15, -0.1) is 11.8 Å². The number of carboxylic acids is 1. The number of hydrogen-bond donors (Lipinski definition) is 1. The van der Waals surface area contributed by atoms with Gasteiger partial charge in [0, 0.05) is 23.6 Å². The van der Waals surface area contributed by atoms with E-state index in [-0.39, 0.29) is 12.5 Å². The molecule has 2 rings (SSSR count). The van der Waals surface area contributed by atoms with E-state index in [0.29, 0.717) is 29.7 Å². The molecule has 1 aromatic rings. The number of hydrogen-bond acceptors (Lipinski definition) is 3. The van der Waals surface area contributed by atoms with Crippen LogP contribution in [0.15, 0.2) is 29.2 Å². The van der Waals surface area contributed by atoms with Gasteiger partial charge in [-0.25, -0.2) is 0 Å². The fourth-order valence-electron chi connectivity index (χ4n) is 2.00. The Labute approximate surface area is 133 Å². The van der Waals surface area contributed by atoms with E-state index in [1.54, 1.807) is 0 Å². The Hall–Kier alpha value is -1.20. The lowest BCUT2D eigenvalue weighted by atomic mass is 10.3. The maximum atomic E-state index is 12.1. The molecule has 1 fully saturated rings. The smallest absolute Gasteiger partial charge is 0.323 e. The van der Waals surface area contributed by atoms with Crippen molar-refractivity contribution < 1.29 is 14.7 Å². The fourth-order valence-corrected chi connectivity index (χ4v) is 3.17. The molecule has 0 aliphatic heterocycles. The number of amides is 1. The SMILES string of the molecule is O=C(O)CN(CC1CC1)C(=O)CCSc1ccccc1Cl. The van der Waals surface area contributed by atoms with Gasteiger partial charge in [-0.1, -0.05) is 23.7 Å². The highest BCUT2D eigenvalue weighted by Gasteiger charge is 2.27. The molecule has 21 heavy (non-hydrogen) atoms. The van der Waals surface area contributed by atoms with E-state index < -0.39 is 5.97 Å². The monoisotopic (exact) mass is 327 g/mol. The number of carbonyl (C=O) groups excluding carboxylic acids is 1. The molecule has 114 valence electrons. The molecule has 0 spiro atoms. The minimum Gasteiger partial charge on any atom is -0.480 e. The molecule has 0 atom stereocenters. The first-order valence-corrected chi connectivity index (χ1v) is 8.29. The molecule has 0 unspecified atom stereocenters. The van der Waals surface area contributed by atoms with Crippen molar-refractivity contribution in [3.63, 3.8) is 0 Å². The highest BCUT2D eigenvalue weighted by molar-refractivity contribution is 7.99. The molecule has 1 amide bonds. The first-order valence-electron chi connectivity index (χ1n) is 6.93. The summed E-state index contributed by atoms with van der Waals surface area (Å²) in [4.78, 5) is 25.4. The maximum absolute atomic E-state index is 12.1. The number of thioether (sulfide) groups is 1. The van der Waals surface area contributed by atoms with Crippen molar-refractivity contribution in [2.75, 3.05) is 18.8 Å². The summed E-state index contributed by atoms with van der Waals surface area (Å²) in [5, 5.41) is 9.57. The van der Waals surface area contributed by atoms with Crippen LogP contribution in [0.5, 0.6) is 0 Å². The number of benzene rings is 1. The van der Waals surface area contributed by atoms with E-state index in [2.05, 4.69) is 0 Å². The van der Waals surface area contributed by atoms with Crippen molar-refractivity contribution in [3.8, 4) is 0 Å². The lowest BCUT2D eigenvalue weighted by molar-refractivity contribution is -0.144. The summed E-state index contributed by atoms with van der Waals surface area (Å²) in [5.74, 6) is 0.0414. The topological polar surface area (TPSA) is 57.6 Å². The second-order valence-corrected chi connectivity index (χ2v) is 6.68. The summed E-state index contributed by atoms with van der Waals surface area (Å²) in [6.45, 7) is 0.369. The van der Waals surface area contributed by atoms with E-state index in [9.17, 15) is 9.59 Å². The predicted molar refractivity (Wildman–Crippen MR) is 83.7 cm³/mol. The van der Waals surface area contributed by atoms with Crippen molar-refractivity contribution in [1.82, 2.24) is 4.90 Å². The lowest BCUT2D eigenvalue weighted by Crippen LogP contribution is -2.37. The summed E-state index contributed by atoms with van der Waals surface area (Å²) in [6.07, 6.45) is 2.52. The van der Waals surface area contributed by atoms with Crippen molar-refractivity contribution >= 4 is 35.2 Å². The molecule has 1 aliphatic carbocycles. The van der Waals surface area contributed by atoms with Crippen LogP contribution >= 0.6 is 23.4 Å². The zero-order chi connectivity index (χ0) is 15.2. The molecular formula is C15H18ClNO3S. The summed E-state index contributed by atoms with van der Waals surface area (Å²) >= 11 is 7.57. The third kappa shape index (κ3) is 5.59. The maximum Gasteiger partial charge on any atom is 0.323 e. The van der Waals surface area contributed by atoms with Gasteiger partial charge in [0.05, 0.1) is 5.02 Å². The molecular weight excluding hydrogens is 310 g/mol. The van der Waals surface area contributed by atoms with E-state index in [0.717, 1.165) is 17.7 Å². The largest absolute Gasteiger partial charge is 0.480 e. The summed E-state index contributed by atoms with van der Waals surface area (Å²) in [6, 6.07) is 7.49. The minimum absolute atomic E-state index is 0.0937. The molecule has 0 aromatic heterocycles. The molecule has 0 saturated heterocycles. The van der Waals surface area contributed by atoms with Crippen LogP contribution in [0, 0.1) is 5.92 Å². The number of carbonyl (C=O) groups is 2. The minimum atomic E-state index is -0.956. The van der Waals surface area contributed by atoms with Crippen molar-refractivity contribution in [2.24, 2.45) is 5.92 Å². The van der Waals surface area contributed by atoms with Crippen LogP contribution in [0.25, 0.3) is 0 Å². The van der Waals surface area contributed by atoms with Crippen molar-refractivity contribution in [2.45, 2.75) is 24.2 Å². The van der Waals surface area contributed by atoms with E-state index >= 15 is 0 Å². The quantitative estimate of drug-likeness (QED) is 0.745. The van der Waals surface area contributed by atoms with Gasteiger partial charge in [0.15, 0.2) is 0 Å². The zero-order valence-corrected chi connectivity index (χ0v) is 13.2. The number of rotatable bonds is 8.